The molecule has 0 saturated carbocycles. The fourth-order valence-corrected chi connectivity index (χ4v) is 1.47. The van der Waals surface area contributed by atoms with Crippen LogP contribution in [0.2, 0.25) is 0 Å². The lowest BCUT2D eigenvalue weighted by molar-refractivity contribution is -0.159. The first kappa shape index (κ1) is 14.0. The zero-order valence-electron chi connectivity index (χ0n) is 10.3. The maximum Gasteiger partial charge on any atom is 0.471 e. The Morgan fingerprint density at radius 3 is 2.45 bits per heavy atom. The molecule has 0 bridgehead atoms. The summed E-state index contributed by atoms with van der Waals surface area (Å²) in [7, 11) is 1.27. The molecule has 0 unspecified atom stereocenters. The van der Waals surface area contributed by atoms with E-state index in [1.54, 1.807) is 12.1 Å². The Bertz CT molecular complexity index is 605. The first-order chi connectivity index (χ1) is 9.40. The number of carbonyl (C=O) groups is 1. The summed E-state index contributed by atoms with van der Waals surface area (Å²) in [4.78, 5) is 14.3. The van der Waals surface area contributed by atoms with E-state index >= 15 is 0 Å². The monoisotopic (exact) mass is 286 g/mol. The number of alkyl halides is 3. The van der Waals surface area contributed by atoms with E-state index in [0.29, 0.717) is 11.1 Å². The van der Waals surface area contributed by atoms with Crippen molar-refractivity contribution in [3.63, 3.8) is 0 Å². The van der Waals surface area contributed by atoms with E-state index in [0.717, 1.165) is 0 Å². The van der Waals surface area contributed by atoms with Crippen LogP contribution in [0.1, 0.15) is 11.5 Å². The van der Waals surface area contributed by atoms with E-state index in [9.17, 15) is 18.0 Å². The Hall–Kier alpha value is -2.38. The zero-order valence-corrected chi connectivity index (χ0v) is 10.3. The highest BCUT2D eigenvalue weighted by molar-refractivity contribution is 5.72. The molecular weight excluding hydrogens is 277 g/mol. The van der Waals surface area contributed by atoms with E-state index in [2.05, 4.69) is 19.4 Å². The van der Waals surface area contributed by atoms with Crippen LogP contribution in [0.25, 0.3) is 11.4 Å². The molecule has 5 nitrogen and oxygen atoms in total. The summed E-state index contributed by atoms with van der Waals surface area (Å²) < 4.78 is 45.6. The predicted octanol–water partition coefficient (Wildman–Crippen LogP) is 2.47. The van der Waals surface area contributed by atoms with Gasteiger partial charge < -0.3 is 9.26 Å². The molecule has 0 spiro atoms. The fourth-order valence-electron chi connectivity index (χ4n) is 1.47. The molecule has 0 radical (unpaired) electrons. The van der Waals surface area contributed by atoms with Gasteiger partial charge in [0.15, 0.2) is 0 Å². The molecule has 0 aliphatic heterocycles. The Morgan fingerprint density at radius 2 is 1.95 bits per heavy atom. The fraction of sp³-hybridized carbons (Fsp3) is 0.250. The molecule has 8 heteroatoms. The van der Waals surface area contributed by atoms with E-state index in [4.69, 9.17) is 0 Å². The third kappa shape index (κ3) is 3.14. The van der Waals surface area contributed by atoms with Crippen molar-refractivity contribution in [3.05, 3.63) is 35.7 Å². The van der Waals surface area contributed by atoms with Crippen LogP contribution in [0.3, 0.4) is 0 Å². The molecule has 1 aromatic heterocycles. The van der Waals surface area contributed by atoms with E-state index in [1.165, 1.54) is 19.2 Å². The molecular formula is C12H9F3N2O3. The van der Waals surface area contributed by atoms with Crippen molar-refractivity contribution in [2.75, 3.05) is 7.11 Å². The summed E-state index contributed by atoms with van der Waals surface area (Å²) in [6.45, 7) is 0. The van der Waals surface area contributed by atoms with E-state index in [-0.39, 0.29) is 12.2 Å². The second-order valence-electron chi connectivity index (χ2n) is 3.87. The minimum atomic E-state index is -4.67. The van der Waals surface area contributed by atoms with Crippen LogP contribution >= 0.6 is 0 Å². The number of carbonyl (C=O) groups excluding carboxylic acids is 1. The molecule has 0 amide bonds. The predicted molar refractivity (Wildman–Crippen MR) is 60.5 cm³/mol. The standard InChI is InChI=1S/C12H9F3N2O3/c1-19-9(18)6-7-2-4-8(5-3-7)10-16-11(20-17-10)12(13,14)15/h2-5H,6H2,1H3. The molecule has 106 valence electrons. The lowest BCUT2D eigenvalue weighted by Crippen LogP contribution is -2.05. The number of rotatable bonds is 3. The highest BCUT2D eigenvalue weighted by Gasteiger charge is 2.38. The van der Waals surface area contributed by atoms with Crippen molar-refractivity contribution in [2.24, 2.45) is 0 Å². The SMILES string of the molecule is COC(=O)Cc1ccc(-c2noc(C(F)(F)F)n2)cc1. The average Bonchev–Trinajstić information content (AvgIpc) is 2.89. The molecule has 0 aliphatic rings. The van der Waals surface area contributed by atoms with Gasteiger partial charge in [0.1, 0.15) is 0 Å². The number of esters is 1. The smallest absolute Gasteiger partial charge is 0.469 e. The Labute approximate surface area is 111 Å². The number of aromatic nitrogens is 2. The van der Waals surface area contributed by atoms with Crippen molar-refractivity contribution < 1.29 is 27.2 Å². The molecule has 2 aromatic rings. The van der Waals surface area contributed by atoms with Crippen LogP contribution in [0, 0.1) is 0 Å². The van der Waals surface area contributed by atoms with Crippen LogP contribution in [0.4, 0.5) is 13.2 Å². The second kappa shape index (κ2) is 5.32. The number of hydrogen-bond donors (Lipinski definition) is 0. The summed E-state index contributed by atoms with van der Waals surface area (Å²) >= 11 is 0. The van der Waals surface area contributed by atoms with Gasteiger partial charge in [-0.2, -0.15) is 18.2 Å². The lowest BCUT2D eigenvalue weighted by atomic mass is 10.1. The highest BCUT2D eigenvalue weighted by Crippen LogP contribution is 2.29. The van der Waals surface area contributed by atoms with Crippen molar-refractivity contribution >= 4 is 5.97 Å². The van der Waals surface area contributed by atoms with Gasteiger partial charge >= 0.3 is 18.0 Å². The van der Waals surface area contributed by atoms with Gasteiger partial charge in [-0.05, 0) is 5.56 Å². The van der Waals surface area contributed by atoms with Crippen molar-refractivity contribution in [1.82, 2.24) is 10.1 Å². The van der Waals surface area contributed by atoms with Gasteiger partial charge in [-0.3, -0.25) is 4.79 Å². The summed E-state index contributed by atoms with van der Waals surface area (Å²) in [6, 6.07) is 6.16. The van der Waals surface area contributed by atoms with Crippen LogP contribution < -0.4 is 0 Å². The molecule has 1 heterocycles. The third-order valence-electron chi connectivity index (χ3n) is 2.46. The molecule has 0 aliphatic carbocycles. The molecule has 20 heavy (non-hydrogen) atoms. The topological polar surface area (TPSA) is 65.2 Å². The van der Waals surface area contributed by atoms with Crippen LogP contribution in [-0.4, -0.2) is 23.2 Å². The molecule has 0 saturated heterocycles. The summed E-state index contributed by atoms with van der Waals surface area (Å²) in [5.41, 5.74) is 1.03. The molecule has 2 rings (SSSR count). The van der Waals surface area contributed by atoms with Gasteiger partial charge in [0, 0.05) is 5.56 Å². The van der Waals surface area contributed by atoms with Gasteiger partial charge in [-0.15, -0.1) is 0 Å². The van der Waals surface area contributed by atoms with E-state index < -0.39 is 18.0 Å². The third-order valence-corrected chi connectivity index (χ3v) is 2.46. The number of hydrogen-bond acceptors (Lipinski definition) is 5. The average molecular weight is 286 g/mol. The summed E-state index contributed by atoms with van der Waals surface area (Å²) in [5.74, 6) is -1.97. The lowest BCUT2D eigenvalue weighted by Gasteiger charge is -2.00. The number of benzene rings is 1. The Balaban J connectivity index is 2.18. The second-order valence-corrected chi connectivity index (χ2v) is 3.87. The minimum absolute atomic E-state index is 0.0802. The maximum atomic E-state index is 12.3. The molecule has 0 atom stereocenters. The molecule has 0 N–H and O–H groups in total. The van der Waals surface area contributed by atoms with Crippen LogP contribution in [-0.2, 0) is 22.1 Å². The van der Waals surface area contributed by atoms with E-state index in [1.807, 2.05) is 0 Å². The Kier molecular flexibility index (Phi) is 3.73. The van der Waals surface area contributed by atoms with Crippen molar-refractivity contribution in [2.45, 2.75) is 12.6 Å². The van der Waals surface area contributed by atoms with Crippen LogP contribution in [0.15, 0.2) is 28.8 Å². The van der Waals surface area contributed by atoms with Crippen molar-refractivity contribution in [3.8, 4) is 11.4 Å². The highest BCUT2D eigenvalue weighted by atomic mass is 19.4. The minimum Gasteiger partial charge on any atom is -0.469 e. The van der Waals surface area contributed by atoms with Gasteiger partial charge in [-0.1, -0.05) is 29.4 Å². The summed E-state index contributed by atoms with van der Waals surface area (Å²) in [6.07, 6.45) is -4.59. The zero-order chi connectivity index (χ0) is 14.8. The molecule has 1 aromatic carbocycles. The van der Waals surface area contributed by atoms with Crippen LogP contribution in [0.5, 0.6) is 0 Å². The quantitative estimate of drug-likeness (QED) is 0.811. The largest absolute Gasteiger partial charge is 0.471 e. The number of ether oxygens (including phenoxy) is 1. The van der Waals surface area contributed by atoms with Gasteiger partial charge in [0.05, 0.1) is 13.5 Å². The number of methoxy groups -OCH3 is 1. The first-order valence-electron chi connectivity index (χ1n) is 5.47. The molecule has 0 fully saturated rings. The Morgan fingerprint density at radius 1 is 1.30 bits per heavy atom. The number of halogens is 3. The normalized spacial score (nSPS) is 11.4. The maximum absolute atomic E-state index is 12.3. The first-order valence-corrected chi connectivity index (χ1v) is 5.47. The van der Waals surface area contributed by atoms with Crippen molar-refractivity contribution in [1.29, 1.82) is 0 Å². The van der Waals surface area contributed by atoms with Gasteiger partial charge in [0.25, 0.3) is 0 Å². The summed E-state index contributed by atoms with van der Waals surface area (Å²) in [5, 5.41) is 3.26. The van der Waals surface area contributed by atoms with Gasteiger partial charge in [0.2, 0.25) is 5.82 Å². The van der Waals surface area contributed by atoms with Gasteiger partial charge in [-0.25, -0.2) is 0 Å². The number of nitrogens with zero attached hydrogens (tertiary/aromatic N) is 2.